The van der Waals surface area contributed by atoms with E-state index in [2.05, 4.69) is 4.98 Å². The van der Waals surface area contributed by atoms with Gasteiger partial charge < -0.3 is 4.98 Å². The number of rotatable bonds is 1. The largest absolute Gasteiger partial charge is 0.345 e. The van der Waals surface area contributed by atoms with Crippen molar-refractivity contribution in [3.05, 3.63) is 34.5 Å². The van der Waals surface area contributed by atoms with Gasteiger partial charge >= 0.3 is 0 Å². The second kappa shape index (κ2) is 3.14. The fourth-order valence-corrected chi connectivity index (χ4v) is 2.01. The molecule has 0 aliphatic heterocycles. The predicted octanol–water partition coefficient (Wildman–Crippen LogP) is 3.33. The molecule has 3 heteroatoms. The standard InChI is InChI=1S/C11H10ClNO/c1-6-4-3-5-8-9(7(2)14)11(12)13-10(6)8/h3-5,13H,1-2H3. The third-order valence-electron chi connectivity index (χ3n) is 2.35. The van der Waals surface area contributed by atoms with Crippen LogP contribution in [-0.2, 0) is 0 Å². The Labute approximate surface area is 86.9 Å². The zero-order valence-electron chi connectivity index (χ0n) is 8.02. The zero-order valence-corrected chi connectivity index (χ0v) is 8.77. The van der Waals surface area contributed by atoms with Crippen LogP contribution in [-0.4, -0.2) is 10.8 Å². The molecule has 14 heavy (non-hydrogen) atoms. The first-order valence-corrected chi connectivity index (χ1v) is 4.77. The van der Waals surface area contributed by atoms with Crippen molar-refractivity contribution in [3.63, 3.8) is 0 Å². The first-order chi connectivity index (χ1) is 6.61. The van der Waals surface area contributed by atoms with Gasteiger partial charge in [-0.3, -0.25) is 4.79 Å². The Morgan fingerprint density at radius 3 is 2.79 bits per heavy atom. The lowest BCUT2D eigenvalue weighted by Crippen LogP contribution is -1.90. The van der Waals surface area contributed by atoms with Crippen LogP contribution in [0, 0.1) is 6.92 Å². The molecular formula is C11H10ClNO. The van der Waals surface area contributed by atoms with Gasteiger partial charge in [0, 0.05) is 5.39 Å². The smallest absolute Gasteiger partial charge is 0.163 e. The fraction of sp³-hybridized carbons (Fsp3) is 0.182. The summed E-state index contributed by atoms with van der Waals surface area (Å²) in [6.45, 7) is 3.51. The number of aromatic amines is 1. The lowest BCUT2D eigenvalue weighted by atomic mass is 10.1. The summed E-state index contributed by atoms with van der Waals surface area (Å²) in [4.78, 5) is 14.4. The van der Waals surface area contributed by atoms with Crippen molar-refractivity contribution in [2.45, 2.75) is 13.8 Å². The van der Waals surface area contributed by atoms with Crippen LogP contribution in [0.4, 0.5) is 0 Å². The van der Waals surface area contributed by atoms with Crippen molar-refractivity contribution in [3.8, 4) is 0 Å². The first-order valence-electron chi connectivity index (χ1n) is 4.39. The van der Waals surface area contributed by atoms with Gasteiger partial charge in [0.15, 0.2) is 5.78 Å². The lowest BCUT2D eigenvalue weighted by Gasteiger charge is -1.95. The van der Waals surface area contributed by atoms with Gasteiger partial charge in [-0.05, 0) is 19.4 Å². The molecule has 1 heterocycles. The average molecular weight is 208 g/mol. The fourth-order valence-electron chi connectivity index (χ4n) is 1.68. The van der Waals surface area contributed by atoms with E-state index in [0.717, 1.165) is 16.5 Å². The van der Waals surface area contributed by atoms with Gasteiger partial charge in [0.05, 0.1) is 11.1 Å². The maximum Gasteiger partial charge on any atom is 0.163 e. The molecule has 0 aliphatic carbocycles. The molecule has 1 aromatic heterocycles. The zero-order chi connectivity index (χ0) is 10.3. The van der Waals surface area contributed by atoms with Crippen LogP contribution in [0.2, 0.25) is 5.15 Å². The number of aryl methyl sites for hydroxylation is 1. The Morgan fingerprint density at radius 2 is 2.14 bits per heavy atom. The van der Waals surface area contributed by atoms with E-state index in [9.17, 15) is 4.79 Å². The highest BCUT2D eigenvalue weighted by Crippen LogP contribution is 2.28. The van der Waals surface area contributed by atoms with Gasteiger partial charge in [0.1, 0.15) is 5.15 Å². The number of H-pyrrole nitrogens is 1. The molecule has 0 radical (unpaired) electrons. The molecule has 0 amide bonds. The number of hydrogen-bond donors (Lipinski definition) is 1. The molecule has 1 aromatic carbocycles. The minimum Gasteiger partial charge on any atom is -0.345 e. The normalized spacial score (nSPS) is 10.8. The van der Waals surface area contributed by atoms with Crippen LogP contribution in [0.1, 0.15) is 22.8 Å². The summed E-state index contributed by atoms with van der Waals surface area (Å²) >= 11 is 5.96. The highest BCUT2D eigenvalue weighted by molar-refractivity contribution is 6.35. The van der Waals surface area contributed by atoms with E-state index < -0.39 is 0 Å². The second-order valence-electron chi connectivity index (χ2n) is 3.37. The Morgan fingerprint density at radius 1 is 1.43 bits per heavy atom. The molecule has 0 saturated heterocycles. The third-order valence-corrected chi connectivity index (χ3v) is 2.63. The molecule has 2 aromatic rings. The average Bonchev–Trinajstić information content (AvgIpc) is 2.42. The molecule has 2 rings (SSSR count). The monoisotopic (exact) mass is 207 g/mol. The van der Waals surface area contributed by atoms with Gasteiger partial charge in [-0.25, -0.2) is 0 Å². The maximum atomic E-state index is 11.3. The quantitative estimate of drug-likeness (QED) is 0.715. The topological polar surface area (TPSA) is 32.9 Å². The molecule has 0 atom stereocenters. The molecule has 0 bridgehead atoms. The second-order valence-corrected chi connectivity index (χ2v) is 3.75. The lowest BCUT2D eigenvalue weighted by molar-refractivity contribution is 0.101. The number of para-hydroxylation sites is 1. The van der Waals surface area contributed by atoms with Gasteiger partial charge in [0.25, 0.3) is 0 Å². The van der Waals surface area contributed by atoms with Crippen LogP contribution in [0.15, 0.2) is 18.2 Å². The van der Waals surface area contributed by atoms with Crippen LogP contribution in [0.3, 0.4) is 0 Å². The van der Waals surface area contributed by atoms with E-state index in [-0.39, 0.29) is 5.78 Å². The van der Waals surface area contributed by atoms with Gasteiger partial charge in [-0.15, -0.1) is 0 Å². The number of carbonyl (C=O) groups is 1. The number of halogens is 1. The highest BCUT2D eigenvalue weighted by atomic mass is 35.5. The molecule has 0 fully saturated rings. The Balaban J connectivity index is 2.90. The molecular weight excluding hydrogens is 198 g/mol. The summed E-state index contributed by atoms with van der Waals surface area (Å²) in [5, 5.41) is 1.34. The number of ketones is 1. The van der Waals surface area contributed by atoms with Crippen LogP contribution >= 0.6 is 11.6 Å². The molecule has 1 N–H and O–H groups in total. The van der Waals surface area contributed by atoms with E-state index in [4.69, 9.17) is 11.6 Å². The summed E-state index contributed by atoms with van der Waals surface area (Å²) in [5.41, 5.74) is 2.63. The molecule has 2 nitrogen and oxygen atoms in total. The number of carbonyl (C=O) groups excluding carboxylic acids is 1. The minimum absolute atomic E-state index is 0.00755. The van der Waals surface area contributed by atoms with Crippen molar-refractivity contribution in [2.24, 2.45) is 0 Å². The highest BCUT2D eigenvalue weighted by Gasteiger charge is 2.14. The van der Waals surface area contributed by atoms with Gasteiger partial charge in [-0.2, -0.15) is 0 Å². The molecule has 0 spiro atoms. The van der Waals surface area contributed by atoms with E-state index in [1.54, 1.807) is 0 Å². The van der Waals surface area contributed by atoms with E-state index in [1.165, 1.54) is 6.92 Å². The van der Waals surface area contributed by atoms with Crippen molar-refractivity contribution >= 4 is 28.3 Å². The van der Waals surface area contributed by atoms with Crippen LogP contribution < -0.4 is 0 Å². The molecule has 72 valence electrons. The maximum absolute atomic E-state index is 11.3. The summed E-state index contributed by atoms with van der Waals surface area (Å²) in [7, 11) is 0. The van der Waals surface area contributed by atoms with Crippen molar-refractivity contribution in [1.29, 1.82) is 0 Å². The number of Topliss-reactive ketones (excluding diaryl/α,β-unsaturated/α-hetero) is 1. The summed E-state index contributed by atoms with van der Waals surface area (Å²) in [6, 6.07) is 5.81. The van der Waals surface area contributed by atoms with Crippen molar-refractivity contribution < 1.29 is 4.79 Å². The first kappa shape index (κ1) is 9.28. The molecule has 0 unspecified atom stereocenters. The Kier molecular flexibility index (Phi) is 2.08. The number of hydrogen-bond acceptors (Lipinski definition) is 1. The number of aromatic nitrogens is 1. The molecule has 0 aliphatic rings. The van der Waals surface area contributed by atoms with Gasteiger partial charge in [0.2, 0.25) is 0 Å². The molecule has 0 saturated carbocycles. The van der Waals surface area contributed by atoms with Crippen LogP contribution in [0.25, 0.3) is 10.9 Å². The Bertz CT molecular complexity index is 513. The SMILES string of the molecule is CC(=O)c1c(Cl)[nH]c2c(C)cccc12. The number of nitrogens with one attached hydrogen (secondary N) is 1. The van der Waals surface area contributed by atoms with E-state index in [1.807, 2.05) is 25.1 Å². The van der Waals surface area contributed by atoms with Crippen molar-refractivity contribution in [1.82, 2.24) is 4.98 Å². The van der Waals surface area contributed by atoms with Gasteiger partial charge in [-0.1, -0.05) is 29.8 Å². The third kappa shape index (κ3) is 1.23. The number of fused-ring (bicyclic) bond motifs is 1. The summed E-state index contributed by atoms with van der Waals surface area (Å²) < 4.78 is 0. The van der Waals surface area contributed by atoms with Crippen LogP contribution in [0.5, 0.6) is 0 Å². The van der Waals surface area contributed by atoms with E-state index >= 15 is 0 Å². The van der Waals surface area contributed by atoms with E-state index in [0.29, 0.717) is 10.7 Å². The predicted molar refractivity (Wildman–Crippen MR) is 58.1 cm³/mol. The number of benzene rings is 1. The summed E-state index contributed by atoms with van der Waals surface area (Å²) in [5.74, 6) is -0.00755. The van der Waals surface area contributed by atoms with Crippen molar-refractivity contribution in [2.75, 3.05) is 0 Å². The summed E-state index contributed by atoms with van der Waals surface area (Å²) in [6.07, 6.45) is 0. The Hall–Kier alpha value is -1.28. The minimum atomic E-state index is -0.00755.